The fourth-order valence-corrected chi connectivity index (χ4v) is 0.357. The summed E-state index contributed by atoms with van der Waals surface area (Å²) in [6, 6.07) is 0. The van der Waals surface area contributed by atoms with Gasteiger partial charge < -0.3 is 15.4 Å². The van der Waals surface area contributed by atoms with Crippen LogP contribution < -0.4 is 5.32 Å². The van der Waals surface area contributed by atoms with Crippen LogP contribution >= 0.6 is 0 Å². The number of hydrogen-bond donors (Lipinski definition) is 2. The summed E-state index contributed by atoms with van der Waals surface area (Å²) in [5, 5.41) is 12.8. The van der Waals surface area contributed by atoms with Gasteiger partial charge in [-0.25, -0.2) is 4.98 Å². The predicted molar refractivity (Wildman–Crippen MR) is 38.1 cm³/mol. The van der Waals surface area contributed by atoms with Gasteiger partial charge in [-0.3, -0.25) is 0 Å². The Labute approximate surface area is 62.8 Å². The SMILES string of the molecule is C1CN1.O=[N+]([O-])c1ncc[nH]1. The molecule has 0 radical (unpaired) electrons. The molecule has 0 spiro atoms. The van der Waals surface area contributed by atoms with Crippen LogP contribution in [0, 0.1) is 10.1 Å². The Kier molecular flexibility index (Phi) is 2.56. The van der Waals surface area contributed by atoms with Gasteiger partial charge in [0.15, 0.2) is 0 Å². The number of imidazole rings is 1. The van der Waals surface area contributed by atoms with Crippen LogP contribution in [0.2, 0.25) is 0 Å². The van der Waals surface area contributed by atoms with Gasteiger partial charge in [-0.15, -0.1) is 0 Å². The summed E-state index contributed by atoms with van der Waals surface area (Å²) < 4.78 is 0. The molecule has 2 rings (SSSR count). The van der Waals surface area contributed by atoms with Gasteiger partial charge >= 0.3 is 5.95 Å². The van der Waals surface area contributed by atoms with Crippen molar-refractivity contribution in [1.29, 1.82) is 0 Å². The number of hydrogen-bond acceptors (Lipinski definition) is 4. The van der Waals surface area contributed by atoms with Crippen LogP contribution in [0.1, 0.15) is 0 Å². The second-order valence-electron chi connectivity index (χ2n) is 1.92. The highest BCUT2D eigenvalue weighted by Gasteiger charge is 2.01. The molecule has 2 heterocycles. The minimum absolute atomic E-state index is 0.218. The van der Waals surface area contributed by atoms with Gasteiger partial charge in [-0.1, -0.05) is 4.98 Å². The zero-order valence-electron chi connectivity index (χ0n) is 5.78. The summed E-state index contributed by atoms with van der Waals surface area (Å²) in [5.41, 5.74) is 0. The molecule has 0 aliphatic carbocycles. The first kappa shape index (κ1) is 7.67. The summed E-state index contributed by atoms with van der Waals surface area (Å²) in [5.74, 6) is -0.218. The third-order valence-electron chi connectivity index (χ3n) is 0.907. The van der Waals surface area contributed by atoms with Crippen molar-refractivity contribution in [3.63, 3.8) is 0 Å². The second-order valence-corrected chi connectivity index (χ2v) is 1.92. The predicted octanol–water partition coefficient (Wildman–Crippen LogP) is -0.0925. The molecule has 0 bridgehead atoms. The Morgan fingerprint density at radius 2 is 2.27 bits per heavy atom. The van der Waals surface area contributed by atoms with E-state index in [4.69, 9.17) is 0 Å². The highest BCUT2D eigenvalue weighted by atomic mass is 16.6. The van der Waals surface area contributed by atoms with Crippen molar-refractivity contribution in [3.8, 4) is 0 Å². The van der Waals surface area contributed by atoms with E-state index in [9.17, 15) is 10.1 Å². The number of nitro groups is 1. The Bertz CT molecular complexity index is 216. The molecule has 0 atom stereocenters. The zero-order valence-corrected chi connectivity index (χ0v) is 5.78. The highest BCUT2D eigenvalue weighted by molar-refractivity contribution is 5.00. The van der Waals surface area contributed by atoms with E-state index in [0.717, 1.165) is 0 Å². The first-order chi connectivity index (χ1) is 5.30. The molecule has 1 aromatic heterocycles. The third-order valence-corrected chi connectivity index (χ3v) is 0.907. The van der Waals surface area contributed by atoms with Crippen LogP contribution in [0.4, 0.5) is 5.95 Å². The molecule has 0 amide bonds. The fraction of sp³-hybridized carbons (Fsp3) is 0.400. The van der Waals surface area contributed by atoms with E-state index in [2.05, 4.69) is 15.3 Å². The fourth-order valence-electron chi connectivity index (χ4n) is 0.357. The summed E-state index contributed by atoms with van der Waals surface area (Å²) >= 11 is 0. The van der Waals surface area contributed by atoms with Crippen LogP contribution in [0.3, 0.4) is 0 Å². The van der Waals surface area contributed by atoms with Crippen molar-refractivity contribution in [2.75, 3.05) is 13.1 Å². The summed E-state index contributed by atoms with van der Waals surface area (Å²) in [6.07, 6.45) is 2.73. The maximum atomic E-state index is 9.77. The van der Waals surface area contributed by atoms with E-state index >= 15 is 0 Å². The molecule has 0 saturated carbocycles. The first-order valence-electron chi connectivity index (χ1n) is 3.15. The molecule has 0 unspecified atom stereocenters. The smallest absolute Gasteiger partial charge is 0.390 e. The van der Waals surface area contributed by atoms with Crippen molar-refractivity contribution in [3.05, 3.63) is 22.5 Å². The summed E-state index contributed by atoms with van der Waals surface area (Å²) in [4.78, 5) is 14.9. The molecule has 6 heteroatoms. The number of nitrogens with zero attached hydrogens (tertiary/aromatic N) is 2. The Hall–Kier alpha value is -1.43. The number of rotatable bonds is 1. The molecule has 1 aliphatic heterocycles. The second kappa shape index (κ2) is 3.67. The minimum Gasteiger partial charge on any atom is -0.390 e. The molecule has 1 aromatic rings. The maximum Gasteiger partial charge on any atom is 0.432 e. The van der Waals surface area contributed by atoms with Gasteiger partial charge in [0.05, 0.1) is 6.20 Å². The molecule has 1 saturated heterocycles. The lowest BCUT2D eigenvalue weighted by Crippen LogP contribution is -1.88. The average molecular weight is 156 g/mol. The third kappa shape index (κ3) is 3.31. The van der Waals surface area contributed by atoms with Crippen molar-refractivity contribution in [1.82, 2.24) is 15.3 Å². The van der Waals surface area contributed by atoms with Gasteiger partial charge in [0.1, 0.15) is 6.20 Å². The number of nitrogens with one attached hydrogen (secondary N) is 2. The van der Waals surface area contributed by atoms with Gasteiger partial charge in [0.25, 0.3) is 0 Å². The monoisotopic (exact) mass is 156 g/mol. The van der Waals surface area contributed by atoms with Gasteiger partial charge in [-0.05, 0) is 4.92 Å². The molecule has 11 heavy (non-hydrogen) atoms. The largest absolute Gasteiger partial charge is 0.432 e. The van der Waals surface area contributed by atoms with E-state index in [1.165, 1.54) is 25.5 Å². The van der Waals surface area contributed by atoms with Crippen molar-refractivity contribution in [2.24, 2.45) is 0 Å². The van der Waals surface area contributed by atoms with Gasteiger partial charge in [0.2, 0.25) is 0 Å². The molecular formula is C5H8N4O2. The average Bonchev–Trinajstić information content (AvgIpc) is 2.74. The molecule has 0 aromatic carbocycles. The Morgan fingerprint density at radius 3 is 2.45 bits per heavy atom. The lowest BCUT2D eigenvalue weighted by molar-refractivity contribution is -0.393. The lowest BCUT2D eigenvalue weighted by Gasteiger charge is -1.83. The first-order valence-corrected chi connectivity index (χ1v) is 3.15. The van der Waals surface area contributed by atoms with E-state index in [1.807, 2.05) is 0 Å². The van der Waals surface area contributed by atoms with E-state index in [-0.39, 0.29) is 5.95 Å². The quantitative estimate of drug-likeness (QED) is 0.337. The molecular weight excluding hydrogens is 148 g/mol. The molecule has 6 nitrogen and oxygen atoms in total. The Morgan fingerprint density at radius 1 is 1.64 bits per heavy atom. The zero-order chi connectivity index (χ0) is 8.10. The van der Waals surface area contributed by atoms with Crippen molar-refractivity contribution >= 4 is 5.95 Å². The Balaban J connectivity index is 0.000000167. The normalized spacial score (nSPS) is 13.1. The summed E-state index contributed by atoms with van der Waals surface area (Å²) in [7, 11) is 0. The standard InChI is InChI=1S/C3H3N3O2.C2H5N/c7-6(8)3-4-1-2-5-3;1-2-3-1/h1-2H,(H,4,5);3H,1-2H2. The molecule has 2 N–H and O–H groups in total. The maximum absolute atomic E-state index is 9.77. The topological polar surface area (TPSA) is 93.8 Å². The lowest BCUT2D eigenvalue weighted by atomic mass is 11.0. The van der Waals surface area contributed by atoms with Crippen LogP contribution in [0.25, 0.3) is 0 Å². The van der Waals surface area contributed by atoms with Crippen molar-refractivity contribution in [2.45, 2.75) is 0 Å². The molecule has 1 fully saturated rings. The van der Waals surface area contributed by atoms with Gasteiger partial charge in [-0.2, -0.15) is 0 Å². The van der Waals surface area contributed by atoms with Crippen LogP contribution in [-0.2, 0) is 0 Å². The van der Waals surface area contributed by atoms with E-state index < -0.39 is 4.92 Å². The van der Waals surface area contributed by atoms with Gasteiger partial charge in [0, 0.05) is 13.1 Å². The number of aromatic amines is 1. The van der Waals surface area contributed by atoms with E-state index in [1.54, 1.807) is 0 Å². The van der Waals surface area contributed by atoms with Crippen LogP contribution in [-0.4, -0.2) is 28.0 Å². The number of aromatic nitrogens is 2. The minimum atomic E-state index is -0.583. The highest BCUT2D eigenvalue weighted by Crippen LogP contribution is 1.96. The van der Waals surface area contributed by atoms with E-state index in [0.29, 0.717) is 0 Å². The molecule has 1 aliphatic rings. The molecule has 60 valence electrons. The van der Waals surface area contributed by atoms with Crippen LogP contribution in [0.5, 0.6) is 0 Å². The van der Waals surface area contributed by atoms with Crippen molar-refractivity contribution < 1.29 is 4.92 Å². The summed E-state index contributed by atoms with van der Waals surface area (Å²) in [6.45, 7) is 2.50. The van der Waals surface area contributed by atoms with Crippen LogP contribution in [0.15, 0.2) is 12.4 Å². The number of H-pyrrole nitrogens is 1.